The van der Waals surface area contributed by atoms with E-state index in [1.165, 1.54) is 25.1 Å². The van der Waals surface area contributed by atoms with E-state index in [0.717, 1.165) is 0 Å². The van der Waals surface area contributed by atoms with E-state index in [0.29, 0.717) is 0 Å². The van der Waals surface area contributed by atoms with Crippen molar-refractivity contribution in [3.8, 4) is 5.75 Å². The molecule has 0 saturated carbocycles. The first-order valence-electron chi connectivity index (χ1n) is 5.34. The predicted molar refractivity (Wildman–Crippen MR) is 66.9 cm³/mol. The van der Waals surface area contributed by atoms with Gasteiger partial charge in [-0.15, -0.1) is 0 Å². The van der Waals surface area contributed by atoms with Crippen molar-refractivity contribution in [3.05, 3.63) is 28.8 Å². The molecule has 0 aromatic heterocycles. The van der Waals surface area contributed by atoms with Gasteiger partial charge in [-0.1, -0.05) is 18.5 Å². The molecule has 0 radical (unpaired) electrons. The number of halogens is 1. The minimum absolute atomic E-state index is 0.0381. The Labute approximate surface area is 109 Å². The number of aromatic hydroxyl groups is 1. The molecule has 1 atom stereocenters. The van der Waals surface area contributed by atoms with Crippen LogP contribution in [0.25, 0.3) is 0 Å². The fourth-order valence-corrected chi connectivity index (χ4v) is 1.44. The molecule has 98 valence electrons. The summed E-state index contributed by atoms with van der Waals surface area (Å²) in [5.74, 6) is -1.79. The number of aliphatic carboxylic acids is 1. The molecule has 6 heteroatoms. The number of carbonyl (C=O) groups is 2. The SMILES string of the molecule is CCC(C)(NC(=O)c1ccc(O)c(Cl)c1)C(=O)O. The van der Waals surface area contributed by atoms with E-state index in [1.807, 2.05) is 0 Å². The molecule has 0 aliphatic rings. The van der Waals surface area contributed by atoms with Crippen LogP contribution in [0.5, 0.6) is 5.75 Å². The number of phenolic OH excluding ortho intramolecular Hbond substituents is 1. The van der Waals surface area contributed by atoms with Gasteiger partial charge in [0, 0.05) is 5.56 Å². The zero-order chi connectivity index (χ0) is 13.9. The summed E-state index contributed by atoms with van der Waals surface area (Å²) in [5, 5.41) is 20.7. The summed E-state index contributed by atoms with van der Waals surface area (Å²) in [7, 11) is 0. The van der Waals surface area contributed by atoms with Gasteiger partial charge in [0.05, 0.1) is 5.02 Å². The number of hydrogen-bond acceptors (Lipinski definition) is 3. The Balaban J connectivity index is 2.95. The minimum Gasteiger partial charge on any atom is -0.506 e. The monoisotopic (exact) mass is 271 g/mol. The van der Waals surface area contributed by atoms with Crippen molar-refractivity contribution in [2.75, 3.05) is 0 Å². The lowest BCUT2D eigenvalue weighted by Crippen LogP contribution is -2.51. The van der Waals surface area contributed by atoms with E-state index in [1.54, 1.807) is 6.92 Å². The molecule has 0 spiro atoms. The topological polar surface area (TPSA) is 86.6 Å². The summed E-state index contributed by atoms with van der Waals surface area (Å²) in [6.07, 6.45) is 0.250. The van der Waals surface area contributed by atoms with Gasteiger partial charge in [-0.2, -0.15) is 0 Å². The predicted octanol–water partition coefficient (Wildman–Crippen LogP) is 2.03. The van der Waals surface area contributed by atoms with E-state index < -0.39 is 17.4 Å². The van der Waals surface area contributed by atoms with Crippen molar-refractivity contribution in [1.29, 1.82) is 0 Å². The average Bonchev–Trinajstić information content (AvgIpc) is 2.32. The van der Waals surface area contributed by atoms with Crippen LogP contribution in [0.4, 0.5) is 0 Å². The third kappa shape index (κ3) is 2.92. The molecule has 1 aromatic rings. The molecule has 1 rings (SSSR count). The van der Waals surface area contributed by atoms with Gasteiger partial charge in [0.2, 0.25) is 0 Å². The van der Waals surface area contributed by atoms with Crippen LogP contribution in [-0.2, 0) is 4.79 Å². The Hall–Kier alpha value is -1.75. The number of phenols is 1. The molecule has 0 aliphatic carbocycles. The highest BCUT2D eigenvalue weighted by molar-refractivity contribution is 6.32. The number of benzene rings is 1. The summed E-state index contributed by atoms with van der Waals surface area (Å²) in [4.78, 5) is 22.9. The number of nitrogens with one attached hydrogen (secondary N) is 1. The highest BCUT2D eigenvalue weighted by atomic mass is 35.5. The number of carboxylic acid groups (broad SMARTS) is 1. The molecular formula is C12H14ClNO4. The van der Waals surface area contributed by atoms with Crippen LogP contribution in [0.1, 0.15) is 30.6 Å². The minimum atomic E-state index is -1.33. The van der Waals surface area contributed by atoms with Gasteiger partial charge in [-0.05, 0) is 31.5 Å². The summed E-state index contributed by atoms with van der Waals surface area (Å²) < 4.78 is 0. The van der Waals surface area contributed by atoms with Crippen molar-refractivity contribution >= 4 is 23.5 Å². The van der Waals surface area contributed by atoms with Crippen LogP contribution in [-0.4, -0.2) is 27.6 Å². The molecule has 0 saturated heterocycles. The lowest BCUT2D eigenvalue weighted by molar-refractivity contribution is -0.143. The van der Waals surface area contributed by atoms with Gasteiger partial charge in [0.25, 0.3) is 5.91 Å². The second-order valence-electron chi connectivity index (χ2n) is 4.11. The normalized spacial score (nSPS) is 13.7. The van der Waals surface area contributed by atoms with Crippen LogP contribution < -0.4 is 5.32 Å². The second kappa shape index (κ2) is 5.27. The van der Waals surface area contributed by atoms with E-state index in [-0.39, 0.29) is 22.8 Å². The van der Waals surface area contributed by atoms with Gasteiger partial charge in [0.15, 0.2) is 0 Å². The molecule has 0 bridgehead atoms. The number of hydrogen-bond donors (Lipinski definition) is 3. The van der Waals surface area contributed by atoms with Crippen LogP contribution in [0.15, 0.2) is 18.2 Å². The Morgan fingerprint density at radius 2 is 2.06 bits per heavy atom. The van der Waals surface area contributed by atoms with Gasteiger partial charge >= 0.3 is 5.97 Å². The summed E-state index contributed by atoms with van der Waals surface area (Å²) in [6.45, 7) is 3.09. The van der Waals surface area contributed by atoms with Crippen LogP contribution in [0.2, 0.25) is 5.02 Å². The molecule has 18 heavy (non-hydrogen) atoms. The fraction of sp³-hybridized carbons (Fsp3) is 0.333. The van der Waals surface area contributed by atoms with E-state index in [2.05, 4.69) is 5.32 Å². The van der Waals surface area contributed by atoms with Crippen molar-refractivity contribution in [1.82, 2.24) is 5.32 Å². The Morgan fingerprint density at radius 1 is 1.44 bits per heavy atom. The van der Waals surface area contributed by atoms with E-state index in [9.17, 15) is 14.7 Å². The van der Waals surface area contributed by atoms with Crippen molar-refractivity contribution < 1.29 is 19.8 Å². The lowest BCUT2D eigenvalue weighted by atomic mass is 9.98. The summed E-state index contributed by atoms with van der Waals surface area (Å²) >= 11 is 5.68. The standard InChI is InChI=1S/C12H14ClNO4/c1-3-12(2,11(17)18)14-10(16)7-4-5-9(15)8(13)6-7/h4-6,15H,3H2,1-2H3,(H,14,16)(H,17,18). The highest BCUT2D eigenvalue weighted by Gasteiger charge is 2.33. The van der Waals surface area contributed by atoms with Gasteiger partial charge < -0.3 is 15.5 Å². The number of amides is 1. The van der Waals surface area contributed by atoms with Gasteiger partial charge in [-0.25, -0.2) is 4.79 Å². The van der Waals surface area contributed by atoms with Crippen molar-refractivity contribution in [2.45, 2.75) is 25.8 Å². The summed E-state index contributed by atoms with van der Waals surface area (Å²) in [6, 6.07) is 3.93. The van der Waals surface area contributed by atoms with Crippen LogP contribution in [0.3, 0.4) is 0 Å². The smallest absolute Gasteiger partial charge is 0.329 e. The Morgan fingerprint density at radius 3 is 2.50 bits per heavy atom. The first-order chi connectivity index (χ1) is 8.30. The first-order valence-corrected chi connectivity index (χ1v) is 5.72. The third-order valence-corrected chi connectivity index (χ3v) is 3.08. The zero-order valence-corrected chi connectivity index (χ0v) is 10.8. The molecular weight excluding hydrogens is 258 g/mol. The molecule has 1 aromatic carbocycles. The van der Waals surface area contributed by atoms with Gasteiger partial charge in [0.1, 0.15) is 11.3 Å². The number of rotatable bonds is 4. The van der Waals surface area contributed by atoms with E-state index in [4.69, 9.17) is 16.7 Å². The van der Waals surface area contributed by atoms with Crippen LogP contribution >= 0.6 is 11.6 Å². The van der Waals surface area contributed by atoms with Crippen molar-refractivity contribution in [3.63, 3.8) is 0 Å². The zero-order valence-electron chi connectivity index (χ0n) is 10.0. The largest absolute Gasteiger partial charge is 0.506 e. The van der Waals surface area contributed by atoms with Crippen molar-refractivity contribution in [2.24, 2.45) is 0 Å². The quantitative estimate of drug-likeness (QED) is 0.782. The molecule has 5 nitrogen and oxygen atoms in total. The summed E-state index contributed by atoms with van der Waals surface area (Å²) in [5.41, 5.74) is -1.14. The lowest BCUT2D eigenvalue weighted by Gasteiger charge is -2.24. The molecule has 0 fully saturated rings. The molecule has 1 unspecified atom stereocenters. The second-order valence-corrected chi connectivity index (χ2v) is 4.52. The molecule has 0 aliphatic heterocycles. The fourth-order valence-electron chi connectivity index (χ4n) is 1.26. The Bertz CT molecular complexity index is 489. The average molecular weight is 272 g/mol. The molecule has 0 heterocycles. The van der Waals surface area contributed by atoms with E-state index >= 15 is 0 Å². The maximum atomic E-state index is 11.9. The first kappa shape index (κ1) is 14.3. The maximum Gasteiger partial charge on any atom is 0.329 e. The Kier molecular flexibility index (Phi) is 4.19. The number of carbonyl (C=O) groups excluding carboxylic acids is 1. The molecule has 1 amide bonds. The number of carboxylic acids is 1. The molecule has 3 N–H and O–H groups in total. The van der Waals surface area contributed by atoms with Crippen LogP contribution in [0, 0.1) is 0 Å². The highest BCUT2D eigenvalue weighted by Crippen LogP contribution is 2.24. The van der Waals surface area contributed by atoms with Gasteiger partial charge in [-0.3, -0.25) is 4.79 Å². The maximum absolute atomic E-state index is 11.9. The third-order valence-electron chi connectivity index (χ3n) is 2.78.